The molecule has 50 heavy (non-hydrogen) atoms. The third kappa shape index (κ3) is 7.53. The van der Waals surface area contributed by atoms with Crippen molar-refractivity contribution in [3.63, 3.8) is 0 Å². The molecule has 0 aliphatic carbocycles. The van der Waals surface area contributed by atoms with Crippen molar-refractivity contribution >= 4 is 30.8 Å². The number of hydrogen-bond acceptors (Lipinski definition) is 5. The van der Waals surface area contributed by atoms with Gasteiger partial charge in [0.1, 0.15) is 5.75 Å². The molecule has 0 bridgehead atoms. The van der Waals surface area contributed by atoms with Gasteiger partial charge in [-0.05, 0) is 62.9 Å². The third-order valence-corrected chi connectivity index (χ3v) is 15.1. The molecule has 0 unspecified atom stereocenters. The predicted molar refractivity (Wildman–Crippen MR) is 204 cm³/mol. The summed E-state index contributed by atoms with van der Waals surface area (Å²) in [6, 6.07) is 26.1. The number of amides is 2. The summed E-state index contributed by atoms with van der Waals surface area (Å²) in [4.78, 5) is 32.8. The van der Waals surface area contributed by atoms with E-state index in [0.717, 1.165) is 35.4 Å². The van der Waals surface area contributed by atoms with Crippen molar-refractivity contribution in [1.29, 1.82) is 0 Å². The fourth-order valence-electron chi connectivity index (χ4n) is 8.10. The Balaban J connectivity index is 1.53. The van der Waals surface area contributed by atoms with Crippen LogP contribution in [0.5, 0.6) is 5.75 Å². The largest absolute Gasteiger partial charge is 0.497 e. The van der Waals surface area contributed by atoms with E-state index >= 15 is 0 Å². The van der Waals surface area contributed by atoms with E-state index in [1.807, 2.05) is 71.6 Å². The average Bonchev–Trinajstić information content (AvgIpc) is 3.53. The number of benzene rings is 3. The number of nitrogens with zero attached hydrogens (tertiary/aromatic N) is 2. The summed E-state index contributed by atoms with van der Waals surface area (Å²) in [5.41, 5.74) is 4.02. The van der Waals surface area contributed by atoms with Crippen molar-refractivity contribution in [1.82, 2.24) is 4.90 Å². The van der Waals surface area contributed by atoms with E-state index in [4.69, 9.17) is 9.47 Å². The van der Waals surface area contributed by atoms with Gasteiger partial charge in [0, 0.05) is 31.1 Å². The first-order valence-electron chi connectivity index (χ1n) is 17.9. The summed E-state index contributed by atoms with van der Waals surface area (Å²) in [5, 5.41) is 11.2. The number of fused-ring (bicyclic) bond motifs is 2. The van der Waals surface area contributed by atoms with Crippen LogP contribution in [0.3, 0.4) is 0 Å². The van der Waals surface area contributed by atoms with E-state index in [0.29, 0.717) is 13.1 Å². The lowest BCUT2D eigenvalue weighted by Crippen LogP contribution is -2.52. The molecule has 3 aromatic rings. The molecule has 0 saturated carbocycles. The van der Waals surface area contributed by atoms with Crippen molar-refractivity contribution in [2.45, 2.75) is 83.8 Å². The number of rotatable bonds is 14. The van der Waals surface area contributed by atoms with Crippen molar-refractivity contribution < 1.29 is 24.2 Å². The van der Waals surface area contributed by atoms with Crippen molar-refractivity contribution in [2.75, 3.05) is 31.7 Å². The van der Waals surface area contributed by atoms with Crippen LogP contribution in [0.1, 0.15) is 58.1 Å². The number of ether oxygens (including phenoxy) is 2. The number of para-hydroxylation sites is 1. The van der Waals surface area contributed by atoms with Crippen LogP contribution in [0.2, 0.25) is 18.6 Å². The molecule has 1 N–H and O–H groups in total. The van der Waals surface area contributed by atoms with Crippen molar-refractivity contribution in [3.05, 3.63) is 113 Å². The summed E-state index contributed by atoms with van der Waals surface area (Å²) in [7, 11) is -0.754. The number of aliphatic hydroxyl groups is 1. The van der Waals surface area contributed by atoms with Gasteiger partial charge in [-0.1, -0.05) is 109 Å². The SMILES string of the molecule is COc1ccc([Si](C)(C)[C@H]2[C@H](CC(=O)N(CCO)Cc3ccccc3)O[C@@]3(C(=O)N(C/C=C(\C)CCC=C(C)C)c4ccccc43)[C@@H]2C)cc1. The predicted octanol–water partition coefficient (Wildman–Crippen LogP) is 7.36. The molecular formula is C42H54N2O5Si. The summed E-state index contributed by atoms with van der Waals surface area (Å²) < 4.78 is 12.7. The Labute approximate surface area is 299 Å². The molecule has 2 heterocycles. The summed E-state index contributed by atoms with van der Waals surface area (Å²) >= 11 is 0. The summed E-state index contributed by atoms with van der Waals surface area (Å²) in [5.74, 6) is 0.436. The van der Waals surface area contributed by atoms with Gasteiger partial charge in [0.2, 0.25) is 5.91 Å². The first-order chi connectivity index (χ1) is 23.9. The maximum absolute atomic E-state index is 14.9. The van der Waals surface area contributed by atoms with E-state index in [2.05, 4.69) is 65.1 Å². The number of allylic oxidation sites excluding steroid dienone is 3. The average molecular weight is 695 g/mol. The minimum absolute atomic E-state index is 0.0597. The zero-order valence-corrected chi connectivity index (χ0v) is 31.8. The molecule has 2 aliphatic heterocycles. The maximum atomic E-state index is 14.9. The number of methoxy groups -OCH3 is 1. The van der Waals surface area contributed by atoms with Crippen molar-refractivity contribution in [3.8, 4) is 5.75 Å². The molecule has 0 radical (unpaired) electrons. The summed E-state index contributed by atoms with van der Waals surface area (Å²) in [6.07, 6.45) is 5.94. The standard InChI is InChI=1S/C42H54N2O5Si/c1-30(2)14-13-15-31(3)24-25-44-37-19-12-11-18-36(37)42(41(44)47)32(4)40(50(6,7)35-22-20-34(48-5)21-23-35)38(49-42)28-39(46)43(26-27-45)29-33-16-9-8-10-17-33/h8-12,14,16-24,32,38,40,45H,13,15,25-29H2,1-7H3/b31-24+/t32-,38+,40-,42+/m1/s1. The fraction of sp³-hybridized carbons (Fsp3) is 0.429. The second-order valence-corrected chi connectivity index (χ2v) is 19.4. The molecular weight excluding hydrogens is 641 g/mol. The monoisotopic (exact) mass is 694 g/mol. The lowest BCUT2D eigenvalue weighted by atomic mass is 9.82. The third-order valence-electron chi connectivity index (χ3n) is 10.8. The Hall–Kier alpha value is -3.98. The zero-order chi connectivity index (χ0) is 36.1. The van der Waals surface area contributed by atoms with Crippen LogP contribution >= 0.6 is 0 Å². The Morgan fingerprint density at radius 3 is 2.34 bits per heavy atom. The topological polar surface area (TPSA) is 79.3 Å². The quantitative estimate of drug-likeness (QED) is 0.141. The number of anilines is 1. The molecule has 2 aliphatic rings. The number of carbonyl (C=O) groups is 2. The van der Waals surface area contributed by atoms with Gasteiger partial charge in [0.05, 0.1) is 40.0 Å². The second kappa shape index (κ2) is 15.9. The smallest absolute Gasteiger partial charge is 0.264 e. The van der Waals surface area contributed by atoms with Crippen LogP contribution in [0, 0.1) is 5.92 Å². The molecule has 0 aromatic heterocycles. The van der Waals surface area contributed by atoms with Crippen LogP contribution in [0.15, 0.2) is 102 Å². The Kier molecular flexibility index (Phi) is 11.9. The number of carbonyl (C=O) groups excluding carboxylic acids is 2. The molecule has 1 spiro atoms. The van der Waals surface area contributed by atoms with Gasteiger partial charge < -0.3 is 24.4 Å². The number of hydrogen-bond donors (Lipinski definition) is 1. The van der Waals surface area contributed by atoms with E-state index in [-0.39, 0.29) is 42.8 Å². The Bertz CT molecular complexity index is 1700. The number of aliphatic hydroxyl groups excluding tert-OH is 1. The highest BCUT2D eigenvalue weighted by Crippen LogP contribution is 2.60. The lowest BCUT2D eigenvalue weighted by molar-refractivity contribution is -0.149. The first kappa shape index (κ1) is 37.3. The Morgan fingerprint density at radius 2 is 1.68 bits per heavy atom. The molecule has 1 saturated heterocycles. The highest BCUT2D eigenvalue weighted by molar-refractivity contribution is 6.91. The van der Waals surface area contributed by atoms with Gasteiger partial charge in [-0.15, -0.1) is 0 Å². The Morgan fingerprint density at radius 1 is 1.00 bits per heavy atom. The van der Waals surface area contributed by atoms with Gasteiger partial charge in [0.15, 0.2) is 5.60 Å². The zero-order valence-electron chi connectivity index (χ0n) is 30.8. The summed E-state index contributed by atoms with van der Waals surface area (Å²) in [6.45, 7) is 14.1. The van der Waals surface area contributed by atoms with Gasteiger partial charge in [0.25, 0.3) is 5.91 Å². The van der Waals surface area contributed by atoms with Crippen LogP contribution in [-0.2, 0) is 26.5 Å². The molecule has 266 valence electrons. The molecule has 5 rings (SSSR count). The maximum Gasteiger partial charge on any atom is 0.264 e. The van der Waals surface area contributed by atoms with Crippen LogP contribution in [-0.4, -0.2) is 62.8 Å². The van der Waals surface area contributed by atoms with Gasteiger partial charge in [-0.3, -0.25) is 9.59 Å². The molecule has 8 heteroatoms. The van der Waals surface area contributed by atoms with Gasteiger partial charge in [-0.25, -0.2) is 0 Å². The van der Waals surface area contributed by atoms with Crippen LogP contribution in [0.25, 0.3) is 0 Å². The molecule has 1 fully saturated rings. The minimum Gasteiger partial charge on any atom is -0.497 e. The van der Waals surface area contributed by atoms with E-state index in [1.54, 1.807) is 12.0 Å². The fourth-order valence-corrected chi connectivity index (χ4v) is 12.1. The minimum atomic E-state index is -2.42. The lowest BCUT2D eigenvalue weighted by Gasteiger charge is -2.37. The van der Waals surface area contributed by atoms with E-state index in [1.165, 1.54) is 16.3 Å². The van der Waals surface area contributed by atoms with E-state index < -0.39 is 19.8 Å². The molecule has 4 atom stereocenters. The van der Waals surface area contributed by atoms with Crippen molar-refractivity contribution in [2.24, 2.45) is 5.92 Å². The molecule has 2 amide bonds. The van der Waals surface area contributed by atoms with E-state index in [9.17, 15) is 14.7 Å². The van der Waals surface area contributed by atoms with Crippen LogP contribution in [0.4, 0.5) is 5.69 Å². The van der Waals surface area contributed by atoms with Gasteiger partial charge >= 0.3 is 0 Å². The highest BCUT2D eigenvalue weighted by atomic mass is 28.3. The second-order valence-electron chi connectivity index (χ2n) is 14.7. The van der Waals surface area contributed by atoms with Crippen LogP contribution < -0.4 is 14.8 Å². The normalized spacial score (nSPS) is 21.8. The molecule has 3 aromatic carbocycles. The molecule has 7 nitrogen and oxygen atoms in total. The first-order valence-corrected chi connectivity index (χ1v) is 21.0. The van der Waals surface area contributed by atoms with Gasteiger partial charge in [-0.2, -0.15) is 0 Å². The highest BCUT2D eigenvalue weighted by Gasteiger charge is 2.66.